The van der Waals surface area contributed by atoms with Crippen LogP contribution in [0.5, 0.6) is 0 Å². The predicted octanol–water partition coefficient (Wildman–Crippen LogP) is 2.01. The zero-order chi connectivity index (χ0) is 19.9. The smallest absolute Gasteiger partial charge is 0.409 e. The van der Waals surface area contributed by atoms with Crippen LogP contribution in [-0.2, 0) is 14.3 Å². The topological polar surface area (TPSA) is 79.0 Å². The average Bonchev–Trinajstić information content (AvgIpc) is 2.66. The molecule has 1 atom stereocenters. The summed E-state index contributed by atoms with van der Waals surface area (Å²) < 4.78 is 5.02. The molecule has 0 unspecified atom stereocenters. The number of carbonyl (C=O) groups excluding carboxylic acids is 3. The second-order valence-corrected chi connectivity index (χ2v) is 9.40. The highest BCUT2D eigenvalue weighted by Crippen LogP contribution is 2.60. The SMILES string of the molecule is CCOC(=O)N1CCN(C(=O)[C@@H](C)NC(=O)C23CC4CC(CC(C4)C2)C3)CC1. The lowest BCUT2D eigenvalue weighted by Gasteiger charge is -2.55. The fraction of sp³-hybridized carbons (Fsp3) is 0.857. The molecular formula is C21H33N3O4. The Labute approximate surface area is 167 Å². The Hall–Kier alpha value is -1.79. The number of amides is 3. The molecule has 4 aliphatic carbocycles. The number of rotatable bonds is 4. The number of hydrogen-bond acceptors (Lipinski definition) is 4. The first-order chi connectivity index (χ1) is 13.4. The third-order valence-electron chi connectivity index (χ3n) is 7.36. The van der Waals surface area contributed by atoms with E-state index in [2.05, 4.69) is 5.32 Å². The van der Waals surface area contributed by atoms with E-state index in [9.17, 15) is 14.4 Å². The summed E-state index contributed by atoms with van der Waals surface area (Å²) in [4.78, 5) is 41.2. The van der Waals surface area contributed by atoms with E-state index in [1.807, 2.05) is 0 Å². The van der Waals surface area contributed by atoms with Crippen molar-refractivity contribution in [1.82, 2.24) is 15.1 Å². The van der Waals surface area contributed by atoms with Gasteiger partial charge in [0, 0.05) is 31.6 Å². The molecule has 0 aromatic rings. The van der Waals surface area contributed by atoms with E-state index >= 15 is 0 Å². The van der Waals surface area contributed by atoms with Gasteiger partial charge in [0.15, 0.2) is 0 Å². The molecule has 1 aliphatic heterocycles. The van der Waals surface area contributed by atoms with E-state index in [-0.39, 0.29) is 23.3 Å². The van der Waals surface area contributed by atoms with E-state index in [0.29, 0.717) is 50.5 Å². The number of carbonyl (C=O) groups is 3. The minimum absolute atomic E-state index is 0.0541. The molecular weight excluding hydrogens is 358 g/mol. The van der Waals surface area contributed by atoms with Crippen LogP contribution in [0.1, 0.15) is 52.4 Å². The zero-order valence-corrected chi connectivity index (χ0v) is 17.1. The molecule has 1 saturated heterocycles. The van der Waals surface area contributed by atoms with Crippen LogP contribution in [-0.4, -0.2) is 66.5 Å². The number of hydrogen-bond donors (Lipinski definition) is 1. The van der Waals surface area contributed by atoms with Crippen LogP contribution in [0.4, 0.5) is 4.79 Å². The molecule has 0 spiro atoms. The van der Waals surface area contributed by atoms with Crippen molar-refractivity contribution in [2.45, 2.75) is 58.4 Å². The quantitative estimate of drug-likeness (QED) is 0.795. The summed E-state index contributed by atoms with van der Waals surface area (Å²) in [5.74, 6) is 2.16. The molecule has 5 rings (SSSR count). The Morgan fingerprint density at radius 2 is 1.46 bits per heavy atom. The van der Waals surface area contributed by atoms with Gasteiger partial charge >= 0.3 is 6.09 Å². The highest BCUT2D eigenvalue weighted by atomic mass is 16.6. The minimum atomic E-state index is -0.519. The second kappa shape index (κ2) is 7.56. The Balaban J connectivity index is 1.30. The van der Waals surface area contributed by atoms with Gasteiger partial charge in [-0.2, -0.15) is 0 Å². The maximum atomic E-state index is 13.2. The Morgan fingerprint density at radius 3 is 1.96 bits per heavy atom. The third kappa shape index (κ3) is 3.60. The first-order valence-corrected chi connectivity index (χ1v) is 10.9. The molecule has 1 heterocycles. The summed E-state index contributed by atoms with van der Waals surface area (Å²) in [6, 6.07) is -0.519. The summed E-state index contributed by atoms with van der Waals surface area (Å²) in [5.41, 5.74) is -0.230. The van der Waals surface area contributed by atoms with Crippen LogP contribution in [0.2, 0.25) is 0 Å². The number of piperazine rings is 1. The molecule has 7 heteroatoms. The summed E-state index contributed by atoms with van der Waals surface area (Å²) in [6.07, 6.45) is 6.58. The van der Waals surface area contributed by atoms with Crippen LogP contribution < -0.4 is 5.32 Å². The molecule has 0 radical (unpaired) electrons. The van der Waals surface area contributed by atoms with E-state index < -0.39 is 6.04 Å². The molecule has 5 fully saturated rings. The van der Waals surface area contributed by atoms with Crippen molar-refractivity contribution in [2.24, 2.45) is 23.2 Å². The van der Waals surface area contributed by atoms with Crippen molar-refractivity contribution >= 4 is 17.9 Å². The molecule has 4 bridgehead atoms. The van der Waals surface area contributed by atoms with Crippen molar-refractivity contribution in [1.29, 1.82) is 0 Å². The molecule has 0 aromatic heterocycles. The molecule has 5 aliphatic rings. The molecule has 156 valence electrons. The van der Waals surface area contributed by atoms with E-state index in [1.54, 1.807) is 23.6 Å². The summed E-state index contributed by atoms with van der Waals surface area (Å²) in [5, 5.41) is 3.05. The zero-order valence-electron chi connectivity index (χ0n) is 17.1. The van der Waals surface area contributed by atoms with Gasteiger partial charge in [0.25, 0.3) is 0 Å². The molecule has 28 heavy (non-hydrogen) atoms. The second-order valence-electron chi connectivity index (χ2n) is 9.40. The van der Waals surface area contributed by atoms with Gasteiger partial charge in [-0.15, -0.1) is 0 Å². The lowest BCUT2D eigenvalue weighted by Crippen LogP contribution is -2.58. The van der Waals surface area contributed by atoms with Gasteiger partial charge in [-0.3, -0.25) is 9.59 Å². The monoisotopic (exact) mass is 391 g/mol. The van der Waals surface area contributed by atoms with Crippen molar-refractivity contribution in [3.8, 4) is 0 Å². The van der Waals surface area contributed by atoms with E-state index in [0.717, 1.165) is 19.3 Å². The van der Waals surface area contributed by atoms with E-state index in [1.165, 1.54) is 19.3 Å². The van der Waals surface area contributed by atoms with Gasteiger partial charge in [-0.05, 0) is 70.1 Å². The maximum absolute atomic E-state index is 13.2. The van der Waals surface area contributed by atoms with Crippen LogP contribution in [0.25, 0.3) is 0 Å². The van der Waals surface area contributed by atoms with Gasteiger partial charge in [0.05, 0.1) is 6.61 Å². The molecule has 4 saturated carbocycles. The van der Waals surface area contributed by atoms with Crippen LogP contribution >= 0.6 is 0 Å². The summed E-state index contributed by atoms with van der Waals surface area (Å²) in [7, 11) is 0. The van der Waals surface area contributed by atoms with Gasteiger partial charge in [-0.25, -0.2) is 4.79 Å². The highest BCUT2D eigenvalue weighted by molar-refractivity contribution is 5.90. The number of nitrogens with one attached hydrogen (secondary N) is 1. The van der Waals surface area contributed by atoms with E-state index in [4.69, 9.17) is 4.74 Å². The van der Waals surface area contributed by atoms with Gasteiger partial charge < -0.3 is 19.9 Å². The molecule has 1 N–H and O–H groups in total. The van der Waals surface area contributed by atoms with Crippen LogP contribution in [0.3, 0.4) is 0 Å². The third-order valence-corrected chi connectivity index (χ3v) is 7.36. The Bertz CT molecular complexity index is 606. The fourth-order valence-corrected chi connectivity index (χ4v) is 6.40. The average molecular weight is 392 g/mol. The van der Waals surface area contributed by atoms with Gasteiger partial charge in [0.2, 0.25) is 11.8 Å². The standard InChI is InChI=1S/C21H33N3O4/c1-3-28-20(27)24-6-4-23(5-7-24)18(25)14(2)22-19(26)21-11-15-8-16(12-21)10-17(9-15)13-21/h14-17H,3-13H2,1-2H3,(H,22,26)/t14-,15?,16?,17?,21?/m1/s1. The van der Waals surface area contributed by atoms with Crippen molar-refractivity contribution in [3.05, 3.63) is 0 Å². The Kier molecular flexibility index (Phi) is 5.27. The first kappa shape index (κ1) is 19.5. The van der Waals surface area contributed by atoms with Crippen molar-refractivity contribution in [3.63, 3.8) is 0 Å². The lowest BCUT2D eigenvalue weighted by atomic mass is 9.49. The van der Waals surface area contributed by atoms with Crippen molar-refractivity contribution in [2.75, 3.05) is 32.8 Å². The molecule has 3 amide bonds. The molecule has 7 nitrogen and oxygen atoms in total. The normalized spacial score (nSPS) is 34.9. The van der Waals surface area contributed by atoms with Crippen LogP contribution in [0, 0.1) is 23.2 Å². The lowest BCUT2D eigenvalue weighted by molar-refractivity contribution is -0.149. The molecule has 0 aromatic carbocycles. The highest BCUT2D eigenvalue weighted by Gasteiger charge is 2.54. The van der Waals surface area contributed by atoms with Gasteiger partial charge in [-0.1, -0.05) is 0 Å². The minimum Gasteiger partial charge on any atom is -0.450 e. The Morgan fingerprint density at radius 1 is 0.964 bits per heavy atom. The van der Waals surface area contributed by atoms with Gasteiger partial charge in [0.1, 0.15) is 6.04 Å². The number of nitrogens with zero attached hydrogens (tertiary/aromatic N) is 2. The summed E-state index contributed by atoms with van der Waals surface area (Å²) in [6.45, 7) is 5.83. The largest absolute Gasteiger partial charge is 0.450 e. The summed E-state index contributed by atoms with van der Waals surface area (Å²) >= 11 is 0. The van der Waals surface area contributed by atoms with Crippen LogP contribution in [0.15, 0.2) is 0 Å². The fourth-order valence-electron chi connectivity index (χ4n) is 6.40. The first-order valence-electron chi connectivity index (χ1n) is 10.9. The maximum Gasteiger partial charge on any atom is 0.409 e. The predicted molar refractivity (Wildman–Crippen MR) is 103 cm³/mol. The van der Waals surface area contributed by atoms with Crippen molar-refractivity contribution < 1.29 is 19.1 Å². The number of ether oxygens (including phenoxy) is 1.